The van der Waals surface area contributed by atoms with Crippen LogP contribution in [0.25, 0.3) is 22.4 Å². The lowest BCUT2D eigenvalue weighted by molar-refractivity contribution is 0.340. The molecule has 138 valence electrons. The molecule has 1 N–H and O–H groups in total. The molecule has 0 saturated carbocycles. The van der Waals surface area contributed by atoms with Crippen molar-refractivity contribution >= 4 is 22.8 Å². The second-order valence-electron chi connectivity index (χ2n) is 6.00. The summed E-state index contributed by atoms with van der Waals surface area (Å²) in [6.07, 6.45) is 1.01. The monoisotopic (exact) mass is 380 g/mol. The molecule has 7 heteroatoms. The van der Waals surface area contributed by atoms with Crippen LogP contribution in [0.4, 0.5) is 0 Å². The van der Waals surface area contributed by atoms with Crippen molar-refractivity contribution in [3.8, 4) is 17.1 Å². The third-order valence-electron chi connectivity index (χ3n) is 4.16. The minimum absolute atomic E-state index is 0.554. The van der Waals surface area contributed by atoms with Gasteiger partial charge < -0.3 is 14.2 Å². The average molecular weight is 380 g/mol. The number of hydrogen-bond acceptors (Lipinski definition) is 6. The van der Waals surface area contributed by atoms with Gasteiger partial charge in [-0.05, 0) is 31.0 Å². The van der Waals surface area contributed by atoms with Gasteiger partial charge >= 0.3 is 0 Å². The maximum absolute atomic E-state index is 5.52. The molecule has 0 saturated heterocycles. The van der Waals surface area contributed by atoms with Gasteiger partial charge in [-0.1, -0.05) is 48.1 Å². The summed E-state index contributed by atoms with van der Waals surface area (Å²) >= 11 is 1.53. The summed E-state index contributed by atoms with van der Waals surface area (Å²) in [5, 5.41) is 4.89. The zero-order chi connectivity index (χ0) is 18.6. The third-order valence-corrected chi connectivity index (χ3v) is 5.02. The number of thioether (sulfide) groups is 1. The van der Waals surface area contributed by atoms with Gasteiger partial charge in [0.2, 0.25) is 11.7 Å². The smallest absolute Gasteiger partial charge is 0.237 e. The van der Waals surface area contributed by atoms with E-state index >= 15 is 0 Å². The van der Waals surface area contributed by atoms with E-state index in [2.05, 4.69) is 39.2 Å². The molecule has 0 unspecified atom stereocenters. The van der Waals surface area contributed by atoms with Crippen LogP contribution in [0.15, 0.2) is 52.1 Å². The Hall–Kier alpha value is -2.80. The van der Waals surface area contributed by atoms with Crippen molar-refractivity contribution in [1.82, 2.24) is 20.1 Å². The van der Waals surface area contributed by atoms with Crippen molar-refractivity contribution in [2.75, 3.05) is 6.61 Å². The molecule has 0 aliphatic heterocycles. The molecule has 0 aliphatic carbocycles. The summed E-state index contributed by atoms with van der Waals surface area (Å²) in [5.41, 5.74) is 4.10. The van der Waals surface area contributed by atoms with Crippen LogP contribution in [0, 0.1) is 0 Å². The van der Waals surface area contributed by atoms with Gasteiger partial charge in [-0.2, -0.15) is 4.98 Å². The number of H-pyrrole nitrogens is 1. The van der Waals surface area contributed by atoms with E-state index in [0.717, 1.165) is 33.9 Å². The highest BCUT2D eigenvalue weighted by molar-refractivity contribution is 7.98. The van der Waals surface area contributed by atoms with Crippen molar-refractivity contribution in [3.63, 3.8) is 0 Å². The lowest BCUT2D eigenvalue weighted by atomic mass is 10.1. The number of imidazole rings is 1. The summed E-state index contributed by atoms with van der Waals surface area (Å²) in [6, 6.07) is 14.1. The number of aromatic nitrogens is 4. The van der Waals surface area contributed by atoms with Gasteiger partial charge in [0.25, 0.3) is 0 Å². The van der Waals surface area contributed by atoms with Gasteiger partial charge in [0, 0.05) is 11.6 Å². The first-order chi connectivity index (χ1) is 13.2. The molecule has 2 aromatic heterocycles. The molecule has 0 amide bonds. The maximum atomic E-state index is 5.52. The van der Waals surface area contributed by atoms with Crippen LogP contribution in [0.2, 0.25) is 0 Å². The Bertz CT molecular complexity index is 1040. The summed E-state index contributed by atoms with van der Waals surface area (Å²) in [5.74, 6) is 2.57. The third kappa shape index (κ3) is 3.98. The SMILES string of the molecule is CCOc1ccc2nc(SCc3nc(-c4ccc(CC)cc4)no3)[nH]c2c1. The van der Waals surface area contributed by atoms with Crippen molar-refractivity contribution in [2.24, 2.45) is 0 Å². The maximum Gasteiger partial charge on any atom is 0.237 e. The fraction of sp³-hybridized carbons (Fsp3) is 0.250. The second-order valence-corrected chi connectivity index (χ2v) is 6.97. The van der Waals surface area contributed by atoms with Gasteiger partial charge in [0.1, 0.15) is 5.75 Å². The number of nitrogens with zero attached hydrogens (tertiary/aromatic N) is 3. The van der Waals surface area contributed by atoms with Gasteiger partial charge in [0.05, 0.1) is 23.4 Å². The van der Waals surface area contributed by atoms with E-state index in [-0.39, 0.29) is 0 Å². The Morgan fingerprint density at radius 3 is 2.70 bits per heavy atom. The molecule has 4 rings (SSSR count). The molecule has 2 aromatic carbocycles. The first kappa shape index (κ1) is 17.6. The molecular formula is C20H20N4O2S. The molecular weight excluding hydrogens is 360 g/mol. The summed E-state index contributed by atoms with van der Waals surface area (Å²) in [6.45, 7) is 4.74. The van der Waals surface area contributed by atoms with Crippen molar-refractivity contribution in [3.05, 3.63) is 53.9 Å². The molecule has 0 bridgehead atoms. The van der Waals surface area contributed by atoms with E-state index in [1.807, 2.05) is 37.3 Å². The highest BCUT2D eigenvalue weighted by atomic mass is 32.2. The number of hydrogen-bond donors (Lipinski definition) is 1. The predicted octanol–water partition coefficient (Wildman–Crippen LogP) is 4.87. The minimum atomic E-state index is 0.554. The number of aryl methyl sites for hydroxylation is 1. The van der Waals surface area contributed by atoms with Gasteiger partial charge in [-0.15, -0.1) is 0 Å². The number of nitrogens with one attached hydrogen (secondary N) is 1. The molecule has 2 heterocycles. The standard InChI is InChI=1S/C20H20N4O2S/c1-3-13-5-7-14(8-6-13)19-23-18(26-24-19)12-27-20-21-16-10-9-15(25-4-2)11-17(16)22-20/h5-11H,3-4,12H2,1-2H3,(H,21,22). The summed E-state index contributed by atoms with van der Waals surface area (Å²) in [4.78, 5) is 12.4. The minimum Gasteiger partial charge on any atom is -0.494 e. The molecule has 0 fully saturated rings. The van der Waals surface area contributed by atoms with Crippen LogP contribution >= 0.6 is 11.8 Å². The largest absolute Gasteiger partial charge is 0.494 e. The molecule has 6 nitrogen and oxygen atoms in total. The Morgan fingerprint density at radius 2 is 1.93 bits per heavy atom. The van der Waals surface area contributed by atoms with Crippen molar-refractivity contribution in [2.45, 2.75) is 31.2 Å². The average Bonchev–Trinajstić information content (AvgIpc) is 3.33. The van der Waals surface area contributed by atoms with Gasteiger partial charge in [0.15, 0.2) is 5.16 Å². The van der Waals surface area contributed by atoms with Crippen LogP contribution < -0.4 is 4.74 Å². The number of fused-ring (bicyclic) bond motifs is 1. The summed E-state index contributed by atoms with van der Waals surface area (Å²) < 4.78 is 10.9. The molecule has 0 aliphatic rings. The van der Waals surface area contributed by atoms with E-state index < -0.39 is 0 Å². The van der Waals surface area contributed by atoms with E-state index in [1.54, 1.807) is 0 Å². The van der Waals surface area contributed by atoms with Crippen LogP contribution in [-0.2, 0) is 12.2 Å². The number of benzene rings is 2. The molecule has 0 atom stereocenters. The molecule has 4 aromatic rings. The lowest BCUT2D eigenvalue weighted by Gasteiger charge is -2.00. The highest BCUT2D eigenvalue weighted by Gasteiger charge is 2.11. The Morgan fingerprint density at radius 1 is 1.07 bits per heavy atom. The van der Waals surface area contributed by atoms with E-state index in [4.69, 9.17) is 9.26 Å². The first-order valence-corrected chi connectivity index (χ1v) is 9.91. The van der Waals surface area contributed by atoms with E-state index in [1.165, 1.54) is 17.3 Å². The van der Waals surface area contributed by atoms with E-state index in [0.29, 0.717) is 24.1 Å². The Balaban J connectivity index is 1.44. The zero-order valence-electron chi connectivity index (χ0n) is 15.2. The topological polar surface area (TPSA) is 76.8 Å². The first-order valence-electron chi connectivity index (χ1n) is 8.92. The van der Waals surface area contributed by atoms with Gasteiger partial charge in [-0.3, -0.25) is 0 Å². The number of rotatable bonds is 7. The van der Waals surface area contributed by atoms with Crippen molar-refractivity contribution in [1.29, 1.82) is 0 Å². The van der Waals surface area contributed by atoms with Crippen LogP contribution in [0.3, 0.4) is 0 Å². The lowest BCUT2D eigenvalue weighted by Crippen LogP contribution is -1.90. The second kappa shape index (κ2) is 7.84. The quantitative estimate of drug-likeness (QED) is 0.461. The number of aromatic amines is 1. The van der Waals surface area contributed by atoms with Crippen LogP contribution in [-0.4, -0.2) is 26.7 Å². The van der Waals surface area contributed by atoms with Gasteiger partial charge in [-0.25, -0.2) is 4.98 Å². The highest BCUT2D eigenvalue weighted by Crippen LogP contribution is 2.26. The number of ether oxygens (including phenoxy) is 1. The van der Waals surface area contributed by atoms with Crippen LogP contribution in [0.1, 0.15) is 25.3 Å². The van der Waals surface area contributed by atoms with Crippen LogP contribution in [0.5, 0.6) is 5.75 Å². The Labute approximate surface area is 161 Å². The Kier molecular flexibility index (Phi) is 5.11. The molecule has 0 radical (unpaired) electrons. The van der Waals surface area contributed by atoms with Crippen molar-refractivity contribution < 1.29 is 9.26 Å². The molecule has 0 spiro atoms. The van der Waals surface area contributed by atoms with E-state index in [9.17, 15) is 0 Å². The predicted molar refractivity (Wildman–Crippen MR) is 106 cm³/mol. The summed E-state index contributed by atoms with van der Waals surface area (Å²) in [7, 11) is 0. The fourth-order valence-corrected chi connectivity index (χ4v) is 3.46. The normalized spacial score (nSPS) is 11.2. The fourth-order valence-electron chi connectivity index (χ4n) is 2.74. The zero-order valence-corrected chi connectivity index (χ0v) is 16.0. The molecule has 27 heavy (non-hydrogen) atoms.